The van der Waals surface area contributed by atoms with E-state index in [1.807, 2.05) is 0 Å². The van der Waals surface area contributed by atoms with Crippen molar-refractivity contribution in [1.82, 2.24) is 0 Å². The van der Waals surface area contributed by atoms with Crippen LogP contribution in [-0.4, -0.2) is 18.7 Å². The molecule has 0 atom stereocenters. The topological polar surface area (TPSA) is 35.5 Å². The van der Waals surface area contributed by atoms with Gasteiger partial charge in [-0.15, -0.1) is 0 Å². The molecule has 0 saturated carbocycles. The highest BCUT2D eigenvalue weighted by Crippen LogP contribution is 2.13. The molecular formula is C6H9F2IO3. The lowest BCUT2D eigenvalue weighted by molar-refractivity contribution is -0.224. The minimum atomic E-state index is -3.12. The summed E-state index contributed by atoms with van der Waals surface area (Å²) in [5.41, 5.74) is 0. The number of rotatable bonds is 5. The summed E-state index contributed by atoms with van der Waals surface area (Å²) in [6.45, 7) is 0.513. The van der Waals surface area contributed by atoms with Crippen molar-refractivity contribution in [1.29, 1.82) is 0 Å². The summed E-state index contributed by atoms with van der Waals surface area (Å²) in [6, 6.07) is 0. The fourth-order valence-corrected chi connectivity index (χ4v) is 0.727. The second-order valence-corrected chi connectivity index (χ2v) is 2.65. The first-order valence-electron chi connectivity index (χ1n) is 3.29. The van der Waals surface area contributed by atoms with Gasteiger partial charge in [-0.2, -0.15) is 8.78 Å². The monoisotopic (exact) mass is 294 g/mol. The summed E-state index contributed by atoms with van der Waals surface area (Å²) < 4.78 is 32.3. The zero-order valence-corrected chi connectivity index (χ0v) is 8.64. The van der Waals surface area contributed by atoms with E-state index in [1.165, 1.54) is 23.0 Å². The Balaban J connectivity index is 3.28. The van der Waals surface area contributed by atoms with Gasteiger partial charge in [-0.1, -0.05) is 0 Å². The molecule has 0 aromatic carbocycles. The van der Waals surface area contributed by atoms with Crippen molar-refractivity contribution in [2.24, 2.45) is 0 Å². The molecule has 0 aliphatic heterocycles. The van der Waals surface area contributed by atoms with Crippen molar-refractivity contribution in [3.8, 4) is 0 Å². The van der Waals surface area contributed by atoms with Crippen LogP contribution in [0, 0.1) is 0 Å². The SMILES string of the molecule is CC(F)(F)OCCCC(=O)OI. The zero-order valence-electron chi connectivity index (χ0n) is 6.48. The predicted molar refractivity (Wildman–Crippen MR) is 45.9 cm³/mol. The maximum atomic E-state index is 12.0. The summed E-state index contributed by atoms with van der Waals surface area (Å²) in [5.74, 6) is -0.432. The van der Waals surface area contributed by atoms with Gasteiger partial charge >= 0.3 is 12.1 Å². The molecule has 0 rings (SSSR count). The molecule has 0 aliphatic rings. The Morgan fingerprint density at radius 2 is 2.17 bits per heavy atom. The van der Waals surface area contributed by atoms with Crippen LogP contribution in [-0.2, 0) is 12.6 Å². The lowest BCUT2D eigenvalue weighted by atomic mass is 10.3. The maximum Gasteiger partial charge on any atom is 0.352 e. The largest absolute Gasteiger partial charge is 0.394 e. The van der Waals surface area contributed by atoms with Gasteiger partial charge in [0.15, 0.2) is 23.0 Å². The van der Waals surface area contributed by atoms with E-state index in [2.05, 4.69) is 7.80 Å². The number of hydrogen-bond acceptors (Lipinski definition) is 3. The van der Waals surface area contributed by atoms with Crippen LogP contribution in [0.5, 0.6) is 0 Å². The van der Waals surface area contributed by atoms with Gasteiger partial charge in [-0.05, 0) is 6.42 Å². The molecule has 0 amide bonds. The fraction of sp³-hybridized carbons (Fsp3) is 0.833. The van der Waals surface area contributed by atoms with Crippen LogP contribution in [0.4, 0.5) is 8.78 Å². The Kier molecular flexibility index (Phi) is 5.64. The fourth-order valence-electron chi connectivity index (χ4n) is 0.506. The Hall–Kier alpha value is 0.0200. The van der Waals surface area contributed by atoms with Crippen molar-refractivity contribution in [3.63, 3.8) is 0 Å². The normalized spacial score (nSPS) is 11.3. The van der Waals surface area contributed by atoms with Gasteiger partial charge in [0, 0.05) is 13.3 Å². The average Bonchev–Trinajstić information content (AvgIpc) is 1.96. The number of ether oxygens (including phenoxy) is 1. The first kappa shape index (κ1) is 12.0. The van der Waals surface area contributed by atoms with E-state index in [4.69, 9.17) is 0 Å². The number of carbonyl (C=O) groups excluding carboxylic acids is 1. The van der Waals surface area contributed by atoms with Crippen LogP contribution in [0.25, 0.3) is 0 Å². The molecule has 0 radical (unpaired) electrons. The van der Waals surface area contributed by atoms with E-state index in [9.17, 15) is 13.6 Å². The summed E-state index contributed by atoms with van der Waals surface area (Å²) in [5, 5.41) is 0. The molecule has 0 N–H and O–H groups in total. The number of halogens is 3. The van der Waals surface area contributed by atoms with Gasteiger partial charge in [0.25, 0.3) is 0 Å². The third kappa shape index (κ3) is 8.12. The lowest BCUT2D eigenvalue weighted by Crippen LogP contribution is -2.16. The molecule has 0 fully saturated rings. The Bertz CT molecular complexity index is 146. The number of carbonyl (C=O) groups is 1. The van der Waals surface area contributed by atoms with Gasteiger partial charge in [0.05, 0.1) is 6.61 Å². The van der Waals surface area contributed by atoms with Crippen LogP contribution >= 0.6 is 23.0 Å². The van der Waals surface area contributed by atoms with Gasteiger partial charge in [0.1, 0.15) is 0 Å². The van der Waals surface area contributed by atoms with E-state index in [1.54, 1.807) is 0 Å². The number of hydrogen-bond donors (Lipinski definition) is 0. The van der Waals surface area contributed by atoms with E-state index in [0.717, 1.165) is 0 Å². The highest BCUT2D eigenvalue weighted by Gasteiger charge is 2.20. The molecule has 0 aliphatic carbocycles. The van der Waals surface area contributed by atoms with Gasteiger partial charge in [0.2, 0.25) is 0 Å². The maximum absolute atomic E-state index is 12.0. The quantitative estimate of drug-likeness (QED) is 0.576. The van der Waals surface area contributed by atoms with Crippen LogP contribution in [0.15, 0.2) is 0 Å². The van der Waals surface area contributed by atoms with Gasteiger partial charge in [-0.3, -0.25) is 4.79 Å². The van der Waals surface area contributed by atoms with Crippen LogP contribution < -0.4 is 0 Å². The van der Waals surface area contributed by atoms with Crippen LogP contribution in [0.1, 0.15) is 19.8 Å². The molecule has 12 heavy (non-hydrogen) atoms. The molecule has 0 unspecified atom stereocenters. The minimum Gasteiger partial charge on any atom is -0.394 e. The predicted octanol–water partition coefficient (Wildman–Crippen LogP) is 2.29. The van der Waals surface area contributed by atoms with Crippen LogP contribution in [0.2, 0.25) is 0 Å². The highest BCUT2D eigenvalue weighted by atomic mass is 127. The average molecular weight is 294 g/mol. The molecule has 0 bridgehead atoms. The third-order valence-corrected chi connectivity index (χ3v) is 1.46. The highest BCUT2D eigenvalue weighted by molar-refractivity contribution is 14.1. The Labute approximate surface area is 83.1 Å². The molecule has 0 spiro atoms. The molecular weight excluding hydrogens is 285 g/mol. The van der Waals surface area contributed by atoms with Gasteiger partial charge in [-0.25, -0.2) is 0 Å². The third-order valence-electron chi connectivity index (χ3n) is 0.967. The van der Waals surface area contributed by atoms with E-state index < -0.39 is 12.1 Å². The van der Waals surface area contributed by atoms with E-state index >= 15 is 0 Å². The van der Waals surface area contributed by atoms with Crippen LogP contribution in [0.3, 0.4) is 0 Å². The second-order valence-electron chi connectivity index (χ2n) is 2.21. The second kappa shape index (κ2) is 5.63. The van der Waals surface area contributed by atoms with Crippen molar-refractivity contribution in [3.05, 3.63) is 0 Å². The standard InChI is InChI=1S/C6H9F2IO3/c1-6(7,8)11-4-2-3-5(10)12-9/h2-4H2,1H3. The summed E-state index contributed by atoms with van der Waals surface area (Å²) in [6.07, 6.45) is -2.78. The lowest BCUT2D eigenvalue weighted by Gasteiger charge is -2.09. The molecule has 0 heterocycles. The molecule has 0 aromatic heterocycles. The van der Waals surface area contributed by atoms with E-state index in [-0.39, 0.29) is 19.4 Å². The molecule has 6 heteroatoms. The van der Waals surface area contributed by atoms with E-state index in [0.29, 0.717) is 6.92 Å². The summed E-state index contributed by atoms with van der Waals surface area (Å²) in [7, 11) is 0. The Morgan fingerprint density at radius 3 is 2.58 bits per heavy atom. The Morgan fingerprint density at radius 1 is 1.58 bits per heavy atom. The molecule has 72 valence electrons. The van der Waals surface area contributed by atoms with Gasteiger partial charge < -0.3 is 7.80 Å². The minimum absolute atomic E-state index is 0.0962. The summed E-state index contributed by atoms with van der Waals surface area (Å²) in [4.78, 5) is 10.5. The van der Waals surface area contributed by atoms with Crippen molar-refractivity contribution < 1.29 is 21.4 Å². The first-order chi connectivity index (χ1) is 5.45. The number of alkyl halides is 2. The smallest absolute Gasteiger partial charge is 0.352 e. The summed E-state index contributed by atoms with van der Waals surface area (Å²) >= 11 is 1.44. The zero-order chi connectivity index (χ0) is 9.61. The first-order valence-corrected chi connectivity index (χ1v) is 4.17. The molecule has 0 aromatic rings. The van der Waals surface area contributed by atoms with Crippen molar-refractivity contribution >= 4 is 29.0 Å². The molecule has 3 nitrogen and oxygen atoms in total. The van der Waals surface area contributed by atoms with Crippen molar-refractivity contribution in [2.45, 2.75) is 25.9 Å². The van der Waals surface area contributed by atoms with Crippen molar-refractivity contribution in [2.75, 3.05) is 6.61 Å². The molecule has 0 saturated heterocycles.